The number of benzene rings is 1. The number of nitrogens with one attached hydrogen (secondary N) is 3. The SMILES string of the molecule is COC(=O)C(Cc1c[nH]c2ccccc12)NC(=O)OCC1OC(n2cc(C)c(=O)[nH]c2=O)CC1N=[N+]=[N-]. The number of amides is 1. The third kappa shape index (κ3) is 5.66. The summed E-state index contributed by atoms with van der Waals surface area (Å²) >= 11 is 0. The Bertz CT molecular complexity index is 1470. The molecule has 0 aliphatic carbocycles. The quantitative estimate of drug-likeness (QED) is 0.177. The van der Waals surface area contributed by atoms with Crippen LogP contribution < -0.4 is 16.6 Å². The number of rotatable bonds is 8. The van der Waals surface area contributed by atoms with Gasteiger partial charge in [0, 0.05) is 46.6 Å². The number of H-pyrrole nitrogens is 2. The Morgan fingerprint density at radius 2 is 2.14 bits per heavy atom. The average Bonchev–Trinajstić information content (AvgIpc) is 3.48. The Morgan fingerprint density at radius 1 is 1.35 bits per heavy atom. The number of aromatic nitrogens is 3. The van der Waals surface area contributed by atoms with Crippen LogP contribution in [0, 0.1) is 6.92 Å². The number of para-hydroxylation sites is 1. The van der Waals surface area contributed by atoms with Gasteiger partial charge in [-0.05, 0) is 24.1 Å². The molecule has 194 valence electrons. The highest BCUT2D eigenvalue weighted by molar-refractivity contribution is 5.86. The summed E-state index contributed by atoms with van der Waals surface area (Å²) in [7, 11) is 1.22. The molecular formula is C23H25N7O7. The van der Waals surface area contributed by atoms with Crippen molar-refractivity contribution in [1.82, 2.24) is 19.9 Å². The van der Waals surface area contributed by atoms with Crippen molar-refractivity contribution in [2.45, 2.75) is 44.2 Å². The fraction of sp³-hybridized carbons (Fsp3) is 0.391. The molecule has 4 atom stereocenters. The fourth-order valence-electron chi connectivity index (χ4n) is 4.22. The largest absolute Gasteiger partial charge is 0.467 e. The summed E-state index contributed by atoms with van der Waals surface area (Å²) in [5.74, 6) is -0.654. The van der Waals surface area contributed by atoms with E-state index in [-0.39, 0.29) is 19.4 Å². The van der Waals surface area contributed by atoms with Gasteiger partial charge in [0.2, 0.25) is 0 Å². The molecule has 0 bridgehead atoms. The van der Waals surface area contributed by atoms with Gasteiger partial charge in [0.25, 0.3) is 5.56 Å². The van der Waals surface area contributed by atoms with Gasteiger partial charge in [0.05, 0.1) is 13.2 Å². The molecule has 37 heavy (non-hydrogen) atoms. The standard InChI is InChI=1S/C23H25N7O7/c1-12-10-30(22(33)27-20(12)31)19-8-16(28-29-24)18(37-19)11-36-23(34)26-17(21(32)35-2)7-13-9-25-15-6-4-3-5-14(13)15/h3-6,9-10,16-19,25H,7-8,11H2,1-2H3,(H,26,34)(H,27,31,33). The first-order valence-electron chi connectivity index (χ1n) is 11.4. The van der Waals surface area contributed by atoms with Crippen molar-refractivity contribution in [3.63, 3.8) is 0 Å². The molecule has 3 heterocycles. The van der Waals surface area contributed by atoms with Crippen molar-refractivity contribution < 1.29 is 23.8 Å². The van der Waals surface area contributed by atoms with Crippen LogP contribution >= 0.6 is 0 Å². The van der Waals surface area contributed by atoms with E-state index in [1.807, 2.05) is 24.3 Å². The van der Waals surface area contributed by atoms with Crippen LogP contribution in [0.2, 0.25) is 0 Å². The van der Waals surface area contributed by atoms with Gasteiger partial charge in [0.15, 0.2) is 0 Å². The second kappa shape index (κ2) is 11.0. The lowest BCUT2D eigenvalue weighted by atomic mass is 10.1. The zero-order chi connectivity index (χ0) is 26.5. The maximum Gasteiger partial charge on any atom is 0.407 e. The second-order valence-electron chi connectivity index (χ2n) is 8.50. The summed E-state index contributed by atoms with van der Waals surface area (Å²) in [5.41, 5.74) is 9.72. The van der Waals surface area contributed by atoms with Crippen LogP contribution in [0.5, 0.6) is 0 Å². The van der Waals surface area contributed by atoms with E-state index in [2.05, 4.69) is 25.3 Å². The van der Waals surface area contributed by atoms with Gasteiger partial charge in [-0.15, -0.1) is 0 Å². The molecule has 4 rings (SSSR count). The van der Waals surface area contributed by atoms with Crippen molar-refractivity contribution in [2.75, 3.05) is 13.7 Å². The molecule has 1 aliphatic heterocycles. The minimum absolute atomic E-state index is 0.121. The normalized spacial score (nSPS) is 19.7. The minimum atomic E-state index is -1.02. The van der Waals surface area contributed by atoms with Crippen molar-refractivity contribution in [3.8, 4) is 0 Å². The number of azide groups is 1. The van der Waals surface area contributed by atoms with Crippen LogP contribution in [0.15, 0.2) is 51.4 Å². The Hall–Kier alpha value is -4.55. The summed E-state index contributed by atoms with van der Waals surface area (Å²) < 4.78 is 17.1. The first kappa shape index (κ1) is 25.5. The Kier molecular flexibility index (Phi) is 7.60. The fourth-order valence-corrected chi connectivity index (χ4v) is 4.22. The summed E-state index contributed by atoms with van der Waals surface area (Å²) in [6, 6.07) is 5.77. The van der Waals surface area contributed by atoms with Gasteiger partial charge in [-0.2, -0.15) is 0 Å². The molecule has 0 saturated carbocycles. The topological polar surface area (TPSA) is 193 Å². The van der Waals surface area contributed by atoms with Gasteiger partial charge in [0.1, 0.15) is 25.0 Å². The third-order valence-electron chi connectivity index (χ3n) is 6.12. The lowest BCUT2D eigenvalue weighted by Crippen LogP contribution is -2.44. The number of methoxy groups -OCH3 is 1. The second-order valence-corrected chi connectivity index (χ2v) is 8.50. The molecule has 1 fully saturated rings. The molecule has 1 amide bonds. The summed E-state index contributed by atoms with van der Waals surface area (Å²) in [4.78, 5) is 56.9. The third-order valence-corrected chi connectivity index (χ3v) is 6.12. The molecular weight excluding hydrogens is 486 g/mol. The number of carbonyl (C=O) groups is 2. The van der Waals surface area contributed by atoms with E-state index in [0.29, 0.717) is 5.56 Å². The lowest BCUT2D eigenvalue weighted by molar-refractivity contribution is -0.143. The van der Waals surface area contributed by atoms with E-state index >= 15 is 0 Å². The highest BCUT2D eigenvalue weighted by atomic mass is 16.6. The zero-order valence-electron chi connectivity index (χ0n) is 20.0. The van der Waals surface area contributed by atoms with Crippen molar-refractivity contribution >= 4 is 23.0 Å². The predicted molar refractivity (Wildman–Crippen MR) is 130 cm³/mol. The highest BCUT2D eigenvalue weighted by Gasteiger charge is 2.37. The number of alkyl carbamates (subject to hydrolysis) is 1. The molecule has 1 saturated heterocycles. The van der Waals surface area contributed by atoms with Crippen LogP contribution in [0.3, 0.4) is 0 Å². The molecule has 14 heteroatoms. The number of hydrogen-bond acceptors (Lipinski definition) is 8. The molecule has 3 N–H and O–H groups in total. The molecule has 0 radical (unpaired) electrons. The molecule has 1 aliphatic rings. The van der Waals surface area contributed by atoms with Crippen LogP contribution in [-0.4, -0.2) is 58.5 Å². The molecule has 14 nitrogen and oxygen atoms in total. The predicted octanol–water partition coefficient (Wildman–Crippen LogP) is 1.80. The monoisotopic (exact) mass is 511 g/mol. The molecule has 4 unspecified atom stereocenters. The summed E-state index contributed by atoms with van der Waals surface area (Å²) in [5, 5.41) is 7.10. The van der Waals surface area contributed by atoms with Crippen molar-refractivity contribution in [2.24, 2.45) is 5.11 Å². The number of aromatic amines is 2. The van der Waals surface area contributed by atoms with Crippen LogP contribution in [0.4, 0.5) is 4.79 Å². The number of nitrogens with zero attached hydrogens (tertiary/aromatic N) is 4. The van der Waals surface area contributed by atoms with Gasteiger partial charge in [-0.3, -0.25) is 14.3 Å². The maximum atomic E-state index is 12.6. The van der Waals surface area contributed by atoms with Gasteiger partial charge in [-0.25, -0.2) is 14.4 Å². The van der Waals surface area contributed by atoms with E-state index in [0.717, 1.165) is 16.5 Å². The number of fused-ring (bicyclic) bond motifs is 1. The van der Waals surface area contributed by atoms with Crippen LogP contribution in [-0.2, 0) is 25.4 Å². The Labute approximate surface area is 209 Å². The number of carbonyl (C=O) groups excluding carboxylic acids is 2. The van der Waals surface area contributed by atoms with Gasteiger partial charge < -0.3 is 24.5 Å². The van der Waals surface area contributed by atoms with Gasteiger partial charge >= 0.3 is 17.8 Å². The van der Waals surface area contributed by atoms with E-state index in [9.17, 15) is 19.2 Å². The average molecular weight is 511 g/mol. The van der Waals surface area contributed by atoms with Crippen LogP contribution in [0.25, 0.3) is 21.3 Å². The van der Waals surface area contributed by atoms with Crippen LogP contribution in [0.1, 0.15) is 23.8 Å². The van der Waals surface area contributed by atoms with Crippen molar-refractivity contribution in [1.29, 1.82) is 0 Å². The first-order valence-corrected chi connectivity index (χ1v) is 11.4. The van der Waals surface area contributed by atoms with Crippen molar-refractivity contribution in [3.05, 3.63) is 79.1 Å². The highest BCUT2D eigenvalue weighted by Crippen LogP contribution is 2.30. The van der Waals surface area contributed by atoms with E-state index in [1.54, 1.807) is 6.20 Å². The van der Waals surface area contributed by atoms with E-state index in [1.165, 1.54) is 24.8 Å². The van der Waals surface area contributed by atoms with E-state index in [4.69, 9.17) is 19.7 Å². The molecule has 0 spiro atoms. The number of esters is 1. The Balaban J connectivity index is 1.42. The first-order chi connectivity index (χ1) is 17.8. The smallest absolute Gasteiger partial charge is 0.407 e. The molecule has 3 aromatic rings. The molecule has 2 aromatic heterocycles. The minimum Gasteiger partial charge on any atom is -0.467 e. The summed E-state index contributed by atoms with van der Waals surface area (Å²) in [6.07, 6.45) is 0.765. The number of aryl methyl sites for hydroxylation is 1. The maximum absolute atomic E-state index is 12.6. The number of hydrogen-bond donors (Lipinski definition) is 3. The summed E-state index contributed by atoms with van der Waals surface area (Å²) in [6.45, 7) is 1.22. The van der Waals surface area contributed by atoms with Gasteiger partial charge in [-0.1, -0.05) is 23.3 Å². The van der Waals surface area contributed by atoms with E-state index < -0.39 is 47.7 Å². The lowest BCUT2D eigenvalue weighted by Gasteiger charge is -2.19. The zero-order valence-corrected chi connectivity index (χ0v) is 20.0. The number of ether oxygens (including phenoxy) is 3. The molecule has 1 aromatic carbocycles. The Morgan fingerprint density at radius 3 is 2.89 bits per heavy atom.